The molecule has 0 radical (unpaired) electrons. The monoisotopic (exact) mass is 443 g/mol. The molecule has 0 saturated carbocycles. The number of carbonyl (C=O) groups is 1. The van der Waals surface area contributed by atoms with Gasteiger partial charge in [-0.05, 0) is 62.9 Å². The van der Waals surface area contributed by atoms with Crippen molar-refractivity contribution in [3.8, 4) is 11.1 Å². The van der Waals surface area contributed by atoms with E-state index in [-0.39, 0.29) is 17.5 Å². The van der Waals surface area contributed by atoms with E-state index in [1.54, 1.807) is 30.5 Å². The number of hydrogen-bond donors (Lipinski definition) is 0. The van der Waals surface area contributed by atoms with Crippen molar-refractivity contribution in [3.05, 3.63) is 47.9 Å². The zero-order valence-electron chi connectivity index (χ0n) is 18.2. The van der Waals surface area contributed by atoms with Gasteiger partial charge in [0.2, 0.25) is 0 Å². The first-order valence-corrected chi connectivity index (χ1v) is 12.5. The van der Waals surface area contributed by atoms with Crippen molar-refractivity contribution in [2.24, 2.45) is 0 Å². The number of benzene rings is 1. The van der Waals surface area contributed by atoms with E-state index in [0.29, 0.717) is 28.9 Å². The molecule has 1 aromatic carbocycles. The molecule has 166 valence electrons. The Kier molecular flexibility index (Phi) is 6.82. The Hall–Kier alpha value is -2.12. The fourth-order valence-electron chi connectivity index (χ4n) is 4.68. The lowest BCUT2D eigenvalue weighted by atomic mass is 10.0. The maximum Gasteiger partial charge on any atom is 0.257 e. The Morgan fingerprint density at radius 2 is 1.94 bits per heavy atom. The van der Waals surface area contributed by atoms with Crippen molar-refractivity contribution in [1.82, 2.24) is 14.8 Å². The van der Waals surface area contributed by atoms with Crippen molar-refractivity contribution < 1.29 is 13.4 Å². The van der Waals surface area contributed by atoms with E-state index in [4.69, 9.17) is 0 Å². The van der Waals surface area contributed by atoms with Gasteiger partial charge in [-0.25, -0.2) is 9.37 Å². The molecule has 31 heavy (non-hydrogen) atoms. The Bertz CT molecular complexity index is 966. The predicted octanol–water partition coefficient (Wildman–Crippen LogP) is 4.10. The highest BCUT2D eigenvalue weighted by atomic mass is 32.2. The number of carbonyl (C=O) groups excluding carboxylic acids is 1. The minimum atomic E-state index is -1.12. The minimum absolute atomic E-state index is 0.127. The molecule has 0 bridgehead atoms. The molecule has 2 aromatic rings. The van der Waals surface area contributed by atoms with Gasteiger partial charge in [-0.15, -0.1) is 0 Å². The van der Waals surface area contributed by atoms with E-state index < -0.39 is 16.6 Å². The molecule has 3 heterocycles. The van der Waals surface area contributed by atoms with Crippen molar-refractivity contribution in [3.63, 3.8) is 0 Å². The molecule has 0 aliphatic carbocycles. The molecule has 0 spiro atoms. The molecule has 0 N–H and O–H groups in total. The molecule has 2 aliphatic heterocycles. The van der Waals surface area contributed by atoms with Gasteiger partial charge in [0.05, 0.1) is 16.4 Å². The van der Waals surface area contributed by atoms with Crippen LogP contribution < -0.4 is 0 Å². The Labute approximate surface area is 186 Å². The first-order valence-electron chi connectivity index (χ1n) is 11.2. The molecule has 5 nitrogen and oxygen atoms in total. The molecule has 2 saturated heterocycles. The van der Waals surface area contributed by atoms with Gasteiger partial charge >= 0.3 is 0 Å². The van der Waals surface area contributed by atoms with Gasteiger partial charge in [0.25, 0.3) is 5.91 Å². The number of amides is 1. The Balaban J connectivity index is 1.49. The summed E-state index contributed by atoms with van der Waals surface area (Å²) in [7, 11) is -1.12. The Morgan fingerprint density at radius 3 is 2.58 bits per heavy atom. The molecule has 7 heteroatoms. The summed E-state index contributed by atoms with van der Waals surface area (Å²) in [5, 5.41) is 0.519. The lowest BCUT2D eigenvalue weighted by Crippen LogP contribution is -2.44. The number of nitrogens with zero attached hydrogens (tertiary/aromatic N) is 3. The average Bonchev–Trinajstić information content (AvgIpc) is 3.42. The van der Waals surface area contributed by atoms with Crippen LogP contribution in [0.3, 0.4) is 0 Å². The smallest absolute Gasteiger partial charge is 0.257 e. The SMILES string of the molecule is CCS(=O)c1ccc(-c2ccc(C(=O)N3CCCC3CN3CCCC3C)c(F)c2)cn1. The van der Waals surface area contributed by atoms with Crippen LogP contribution in [0.25, 0.3) is 11.1 Å². The van der Waals surface area contributed by atoms with Gasteiger partial charge in [-0.3, -0.25) is 13.9 Å². The van der Waals surface area contributed by atoms with Crippen LogP contribution in [0.2, 0.25) is 0 Å². The van der Waals surface area contributed by atoms with E-state index in [9.17, 15) is 13.4 Å². The first-order chi connectivity index (χ1) is 15.0. The zero-order valence-corrected chi connectivity index (χ0v) is 19.0. The van der Waals surface area contributed by atoms with Gasteiger partial charge in [-0.2, -0.15) is 0 Å². The summed E-state index contributed by atoms with van der Waals surface area (Å²) in [6.07, 6.45) is 5.97. The van der Waals surface area contributed by atoms with Crippen LogP contribution in [0.15, 0.2) is 41.6 Å². The first kappa shape index (κ1) is 22.1. The number of likely N-dealkylation sites (tertiary alicyclic amines) is 2. The molecule has 1 aromatic heterocycles. The van der Waals surface area contributed by atoms with E-state index in [0.717, 1.165) is 31.5 Å². The number of hydrogen-bond acceptors (Lipinski definition) is 4. The third-order valence-electron chi connectivity index (χ3n) is 6.54. The van der Waals surface area contributed by atoms with Crippen LogP contribution >= 0.6 is 0 Å². The summed E-state index contributed by atoms with van der Waals surface area (Å²) >= 11 is 0. The van der Waals surface area contributed by atoms with Crippen LogP contribution in [0.4, 0.5) is 4.39 Å². The summed E-state index contributed by atoms with van der Waals surface area (Å²) in [5.41, 5.74) is 1.51. The van der Waals surface area contributed by atoms with E-state index >= 15 is 0 Å². The summed E-state index contributed by atoms with van der Waals surface area (Å²) in [5.74, 6) is -0.222. The van der Waals surface area contributed by atoms with Gasteiger partial charge in [0, 0.05) is 42.7 Å². The van der Waals surface area contributed by atoms with Crippen LogP contribution in [0.1, 0.15) is 49.9 Å². The standard InChI is InChI=1S/C24H30FN3O2S/c1-3-31(30)23-11-9-19(15-26-23)18-8-10-21(22(25)14-18)24(29)28-13-5-7-20(28)16-27-12-4-6-17(27)2/h8-11,14-15,17,20H,3-7,12-13,16H2,1-2H3. The fraction of sp³-hybridized carbons (Fsp3) is 0.500. The minimum Gasteiger partial charge on any atom is -0.334 e. The third kappa shape index (κ3) is 4.72. The van der Waals surface area contributed by atoms with E-state index in [1.165, 1.54) is 18.9 Å². The van der Waals surface area contributed by atoms with E-state index in [2.05, 4.69) is 16.8 Å². The highest BCUT2D eigenvalue weighted by Gasteiger charge is 2.33. The number of aromatic nitrogens is 1. The van der Waals surface area contributed by atoms with Crippen LogP contribution in [0.5, 0.6) is 0 Å². The highest BCUT2D eigenvalue weighted by Crippen LogP contribution is 2.27. The fourth-order valence-corrected chi connectivity index (χ4v) is 5.37. The Morgan fingerprint density at radius 1 is 1.16 bits per heavy atom. The maximum absolute atomic E-state index is 15.0. The van der Waals surface area contributed by atoms with Crippen molar-refractivity contribution in [2.75, 3.05) is 25.4 Å². The van der Waals surface area contributed by atoms with Crippen LogP contribution in [-0.2, 0) is 10.8 Å². The lowest BCUT2D eigenvalue weighted by Gasteiger charge is -2.31. The highest BCUT2D eigenvalue weighted by molar-refractivity contribution is 7.84. The summed E-state index contributed by atoms with van der Waals surface area (Å²) < 4.78 is 26.8. The zero-order chi connectivity index (χ0) is 22.0. The second kappa shape index (κ2) is 9.57. The second-order valence-electron chi connectivity index (χ2n) is 8.49. The normalized spacial score (nSPS) is 22.7. The number of halogens is 1. The van der Waals surface area contributed by atoms with Crippen LogP contribution in [0, 0.1) is 5.82 Å². The quantitative estimate of drug-likeness (QED) is 0.674. The predicted molar refractivity (Wildman–Crippen MR) is 121 cm³/mol. The topological polar surface area (TPSA) is 53.5 Å². The molecular formula is C24H30FN3O2S. The molecule has 3 unspecified atom stereocenters. The molecule has 4 rings (SSSR count). The van der Waals surface area contributed by atoms with Crippen molar-refractivity contribution >= 4 is 16.7 Å². The lowest BCUT2D eigenvalue weighted by molar-refractivity contribution is 0.0692. The van der Waals surface area contributed by atoms with Gasteiger partial charge in [0.1, 0.15) is 10.8 Å². The van der Waals surface area contributed by atoms with Gasteiger partial charge < -0.3 is 4.90 Å². The summed E-state index contributed by atoms with van der Waals surface area (Å²) in [6.45, 7) is 6.74. The van der Waals surface area contributed by atoms with Gasteiger partial charge in [0.15, 0.2) is 0 Å². The number of rotatable bonds is 6. The number of pyridine rings is 1. The van der Waals surface area contributed by atoms with Crippen LogP contribution in [-0.4, -0.2) is 62.4 Å². The maximum atomic E-state index is 15.0. The van der Waals surface area contributed by atoms with Crippen molar-refractivity contribution in [1.29, 1.82) is 0 Å². The summed E-state index contributed by atoms with van der Waals surface area (Å²) in [4.78, 5) is 21.7. The second-order valence-corrected chi connectivity index (χ2v) is 10.2. The molecule has 1 amide bonds. The van der Waals surface area contributed by atoms with Gasteiger partial charge in [-0.1, -0.05) is 19.1 Å². The largest absolute Gasteiger partial charge is 0.334 e. The summed E-state index contributed by atoms with van der Waals surface area (Å²) in [6, 6.07) is 8.96. The third-order valence-corrected chi connectivity index (χ3v) is 7.77. The van der Waals surface area contributed by atoms with E-state index in [1.807, 2.05) is 11.8 Å². The molecular weight excluding hydrogens is 413 g/mol. The van der Waals surface area contributed by atoms with Crippen molar-refractivity contribution in [2.45, 2.75) is 56.6 Å². The molecule has 2 fully saturated rings. The molecule has 3 atom stereocenters. The average molecular weight is 444 g/mol. The molecule has 2 aliphatic rings.